The van der Waals surface area contributed by atoms with E-state index >= 15 is 0 Å². The first-order valence-corrected chi connectivity index (χ1v) is 8.83. The maximum Gasteiger partial charge on any atom is 0.241 e. The van der Waals surface area contributed by atoms with Gasteiger partial charge in [0.1, 0.15) is 11.7 Å². The summed E-state index contributed by atoms with van der Waals surface area (Å²) in [5, 5.41) is 0.688. The number of rotatable bonds is 5. The quantitative estimate of drug-likeness (QED) is 0.855. The number of fused-ring (bicyclic) bond motifs is 1. The monoisotopic (exact) mass is 365 g/mol. The Morgan fingerprint density at radius 2 is 2.16 bits per heavy atom. The van der Waals surface area contributed by atoms with Gasteiger partial charge in [-0.3, -0.25) is 9.69 Å². The number of carbonyl (C=O) groups excluding carboxylic acids is 1. The highest BCUT2D eigenvalue weighted by molar-refractivity contribution is 6.30. The highest BCUT2D eigenvalue weighted by Gasteiger charge is 2.24. The summed E-state index contributed by atoms with van der Waals surface area (Å²) < 4.78 is 6.92. The van der Waals surface area contributed by atoms with Crippen molar-refractivity contribution in [2.24, 2.45) is 5.73 Å². The Hall–Kier alpha value is -1.67. The number of hydrogen-bond donors (Lipinski definition) is 1. The second kappa shape index (κ2) is 8.14. The minimum atomic E-state index is -0.584. The molecule has 136 valence electrons. The fraction of sp³-hybridized carbons (Fsp3) is 0.529. The van der Waals surface area contributed by atoms with E-state index in [2.05, 4.69) is 9.88 Å². The van der Waals surface area contributed by atoms with Crippen molar-refractivity contribution in [2.75, 3.05) is 39.9 Å². The van der Waals surface area contributed by atoms with Crippen molar-refractivity contribution in [1.82, 2.24) is 19.2 Å². The zero-order valence-corrected chi connectivity index (χ0v) is 15.2. The molecule has 1 aliphatic rings. The molecule has 3 rings (SSSR count). The van der Waals surface area contributed by atoms with Gasteiger partial charge in [-0.15, -0.1) is 0 Å². The van der Waals surface area contributed by atoms with Gasteiger partial charge in [-0.1, -0.05) is 11.6 Å². The van der Waals surface area contributed by atoms with E-state index in [1.54, 1.807) is 7.11 Å². The van der Waals surface area contributed by atoms with E-state index in [4.69, 9.17) is 22.1 Å². The molecule has 1 unspecified atom stereocenters. The minimum Gasteiger partial charge on any atom is -0.383 e. The van der Waals surface area contributed by atoms with Crippen LogP contribution in [0.5, 0.6) is 0 Å². The van der Waals surface area contributed by atoms with E-state index in [-0.39, 0.29) is 12.5 Å². The highest BCUT2D eigenvalue weighted by Crippen LogP contribution is 2.14. The van der Waals surface area contributed by atoms with E-state index in [1.165, 1.54) is 0 Å². The first-order chi connectivity index (χ1) is 12.1. The summed E-state index contributed by atoms with van der Waals surface area (Å²) in [6, 6.07) is 3.16. The fourth-order valence-corrected chi connectivity index (χ4v) is 3.33. The molecule has 2 aromatic rings. The molecule has 1 amide bonds. The Balaban J connectivity index is 1.60. The normalized spacial score (nSPS) is 17.6. The predicted molar refractivity (Wildman–Crippen MR) is 96.5 cm³/mol. The smallest absolute Gasteiger partial charge is 0.241 e. The number of hydrogen-bond acceptors (Lipinski definition) is 5. The summed E-state index contributed by atoms with van der Waals surface area (Å²) in [7, 11) is 1.55. The number of imidazole rings is 1. The molecule has 0 spiro atoms. The van der Waals surface area contributed by atoms with Gasteiger partial charge in [0.2, 0.25) is 5.91 Å². The Morgan fingerprint density at radius 1 is 1.32 bits per heavy atom. The molecule has 1 fully saturated rings. The largest absolute Gasteiger partial charge is 0.383 e. The third kappa shape index (κ3) is 4.49. The third-order valence-corrected chi connectivity index (χ3v) is 4.64. The van der Waals surface area contributed by atoms with E-state index in [0.717, 1.165) is 43.9 Å². The zero-order chi connectivity index (χ0) is 17.8. The van der Waals surface area contributed by atoms with Crippen molar-refractivity contribution >= 4 is 23.2 Å². The van der Waals surface area contributed by atoms with Crippen LogP contribution in [-0.2, 0) is 16.1 Å². The number of halogens is 1. The van der Waals surface area contributed by atoms with Crippen LogP contribution in [0.15, 0.2) is 24.5 Å². The van der Waals surface area contributed by atoms with E-state index in [0.29, 0.717) is 11.6 Å². The second-order valence-corrected chi connectivity index (χ2v) is 6.80. The molecule has 2 aromatic heterocycles. The fourth-order valence-electron chi connectivity index (χ4n) is 3.16. The van der Waals surface area contributed by atoms with Gasteiger partial charge in [0, 0.05) is 52.2 Å². The van der Waals surface area contributed by atoms with Crippen molar-refractivity contribution in [3.05, 3.63) is 35.2 Å². The van der Waals surface area contributed by atoms with Gasteiger partial charge in [0.15, 0.2) is 0 Å². The molecule has 25 heavy (non-hydrogen) atoms. The lowest BCUT2D eigenvalue weighted by Gasteiger charge is -2.24. The number of carbonyl (C=O) groups is 1. The van der Waals surface area contributed by atoms with E-state index in [9.17, 15) is 4.79 Å². The lowest BCUT2D eigenvalue weighted by molar-refractivity contribution is -0.133. The van der Waals surface area contributed by atoms with Crippen molar-refractivity contribution in [3.63, 3.8) is 0 Å². The van der Waals surface area contributed by atoms with Crippen LogP contribution in [0.4, 0.5) is 0 Å². The average molecular weight is 366 g/mol. The van der Waals surface area contributed by atoms with E-state index < -0.39 is 6.04 Å². The molecule has 2 N–H and O–H groups in total. The van der Waals surface area contributed by atoms with Crippen LogP contribution in [0, 0.1) is 0 Å². The van der Waals surface area contributed by atoms with Gasteiger partial charge in [-0.25, -0.2) is 4.98 Å². The van der Waals surface area contributed by atoms with Crippen LogP contribution >= 0.6 is 11.6 Å². The maximum absolute atomic E-state index is 12.3. The molecule has 0 saturated carbocycles. The van der Waals surface area contributed by atoms with Crippen molar-refractivity contribution < 1.29 is 9.53 Å². The number of nitrogens with two attached hydrogens (primary N) is 1. The number of methoxy groups -OCH3 is 1. The first-order valence-electron chi connectivity index (χ1n) is 8.45. The molecule has 1 saturated heterocycles. The van der Waals surface area contributed by atoms with Gasteiger partial charge < -0.3 is 19.8 Å². The summed E-state index contributed by atoms with van der Waals surface area (Å²) >= 11 is 6.02. The molecule has 0 aromatic carbocycles. The topological polar surface area (TPSA) is 76.1 Å². The molecule has 3 heterocycles. The van der Waals surface area contributed by atoms with Crippen LogP contribution in [0.3, 0.4) is 0 Å². The average Bonchev–Trinajstić information content (AvgIpc) is 2.82. The maximum atomic E-state index is 12.3. The van der Waals surface area contributed by atoms with Crippen molar-refractivity contribution in [1.29, 1.82) is 0 Å². The minimum absolute atomic E-state index is 0.0360. The number of amides is 1. The van der Waals surface area contributed by atoms with Crippen molar-refractivity contribution in [3.8, 4) is 0 Å². The molecule has 0 aliphatic carbocycles. The Kier molecular flexibility index (Phi) is 5.90. The molecule has 0 bridgehead atoms. The Morgan fingerprint density at radius 3 is 2.96 bits per heavy atom. The van der Waals surface area contributed by atoms with Gasteiger partial charge in [0.25, 0.3) is 0 Å². The lowest BCUT2D eigenvalue weighted by Crippen LogP contribution is -2.47. The molecule has 1 aliphatic heterocycles. The first kappa shape index (κ1) is 18.1. The number of pyridine rings is 1. The number of ether oxygens (including phenoxy) is 1. The van der Waals surface area contributed by atoms with Gasteiger partial charge in [-0.05, 0) is 18.6 Å². The Labute approximate surface area is 152 Å². The van der Waals surface area contributed by atoms with Gasteiger partial charge in [-0.2, -0.15) is 0 Å². The van der Waals surface area contributed by atoms with Crippen LogP contribution in [0.2, 0.25) is 5.02 Å². The van der Waals surface area contributed by atoms with Gasteiger partial charge >= 0.3 is 0 Å². The van der Waals surface area contributed by atoms with Crippen LogP contribution in [0.25, 0.3) is 5.65 Å². The summed E-state index contributed by atoms with van der Waals surface area (Å²) in [6.07, 6.45) is 4.78. The Bertz CT molecular complexity index is 735. The second-order valence-electron chi connectivity index (χ2n) is 6.36. The SMILES string of the molecule is COCC(N)C(=O)N1CCCN(Cc2cn3cc(Cl)ccc3n2)CC1. The molecule has 7 nitrogen and oxygen atoms in total. The van der Waals surface area contributed by atoms with Crippen LogP contribution < -0.4 is 5.73 Å². The third-order valence-electron chi connectivity index (χ3n) is 4.41. The molecule has 8 heteroatoms. The summed E-state index contributed by atoms with van der Waals surface area (Å²) in [6.45, 7) is 4.15. The summed E-state index contributed by atoms with van der Waals surface area (Å²) in [4.78, 5) is 21.1. The number of nitrogens with zero attached hydrogens (tertiary/aromatic N) is 4. The standard InChI is InChI=1S/C17H24ClN5O2/c1-25-12-15(19)17(24)22-6-2-5-21(7-8-22)10-14-11-23-9-13(18)3-4-16(23)20-14/h3-4,9,11,15H,2,5-8,10,12,19H2,1H3. The predicted octanol–water partition coefficient (Wildman–Crippen LogP) is 0.996. The lowest BCUT2D eigenvalue weighted by atomic mass is 10.2. The summed E-state index contributed by atoms with van der Waals surface area (Å²) in [5.74, 6) is -0.0360. The van der Waals surface area contributed by atoms with Crippen molar-refractivity contribution in [2.45, 2.75) is 19.0 Å². The van der Waals surface area contributed by atoms with Crippen LogP contribution in [0.1, 0.15) is 12.1 Å². The van der Waals surface area contributed by atoms with Crippen LogP contribution in [-0.4, -0.2) is 71.0 Å². The number of aromatic nitrogens is 2. The molecule has 0 radical (unpaired) electrons. The van der Waals surface area contributed by atoms with E-state index in [1.807, 2.05) is 33.8 Å². The zero-order valence-electron chi connectivity index (χ0n) is 14.4. The summed E-state index contributed by atoms with van der Waals surface area (Å²) in [5.41, 5.74) is 7.75. The highest BCUT2D eigenvalue weighted by atomic mass is 35.5. The molecular formula is C17H24ClN5O2. The molecular weight excluding hydrogens is 342 g/mol. The molecule has 1 atom stereocenters. The van der Waals surface area contributed by atoms with Gasteiger partial charge in [0.05, 0.1) is 17.3 Å².